The first-order valence-electron chi connectivity index (χ1n) is 12.8. The van der Waals surface area contributed by atoms with Gasteiger partial charge in [-0.15, -0.1) is 0 Å². The lowest BCUT2D eigenvalue weighted by molar-refractivity contribution is -0.941. The molecule has 35 heavy (non-hydrogen) atoms. The molecule has 0 aliphatic rings. The van der Waals surface area contributed by atoms with E-state index in [1.165, 1.54) is 74.3 Å². The van der Waals surface area contributed by atoms with Crippen molar-refractivity contribution in [2.24, 2.45) is 0 Å². The third kappa shape index (κ3) is 9.57. The van der Waals surface area contributed by atoms with Crippen molar-refractivity contribution >= 4 is 32.5 Å². The average molecular weight is 518 g/mol. The molecular formula is C29H40ClNO3S. The lowest BCUT2D eigenvalue weighted by Crippen LogP contribution is -2.49. The molecule has 0 saturated carbocycles. The van der Waals surface area contributed by atoms with Gasteiger partial charge in [0.2, 0.25) is 0 Å². The van der Waals surface area contributed by atoms with Crippen LogP contribution in [0, 0.1) is 0 Å². The van der Waals surface area contributed by atoms with E-state index in [0.29, 0.717) is 5.39 Å². The summed E-state index contributed by atoms with van der Waals surface area (Å²) in [6.07, 6.45) is 7.87. The number of benzene rings is 3. The maximum absolute atomic E-state index is 10.9. The lowest BCUT2D eigenvalue weighted by Gasteiger charge is -2.39. The van der Waals surface area contributed by atoms with E-state index in [-0.39, 0.29) is 4.90 Å². The van der Waals surface area contributed by atoms with Gasteiger partial charge in [0.15, 0.2) is 0 Å². The van der Waals surface area contributed by atoms with Crippen molar-refractivity contribution in [2.75, 3.05) is 19.6 Å². The Morgan fingerprint density at radius 1 is 0.743 bits per heavy atom. The van der Waals surface area contributed by atoms with Crippen LogP contribution in [0.25, 0.3) is 10.8 Å². The van der Waals surface area contributed by atoms with Crippen LogP contribution in [0.5, 0.6) is 0 Å². The first kappa shape index (κ1) is 29.3. The number of halogens is 1. The number of fused-ring (bicyclic) bond motifs is 1. The standard InChI is InChI=1S/C19H33ClN.C10H8O3S/c1-4-7-14-21(15-8-5-2,16-9-6-3)17-18-10-12-19(20)13-11-18;11-14(12,13)10-7-3-5-8-4-1-2-6-9(8)10/h10-13H,4-9,14-17H2,1-3H3;1-7H,(H,11,12,13)/q+1;/p-1. The summed E-state index contributed by atoms with van der Waals surface area (Å²) in [6.45, 7) is 12.0. The quantitative estimate of drug-likeness (QED) is 0.182. The molecule has 3 aromatic rings. The summed E-state index contributed by atoms with van der Waals surface area (Å²) in [7, 11) is -4.38. The smallest absolute Gasteiger partial charge is 0.125 e. The summed E-state index contributed by atoms with van der Waals surface area (Å²) in [4.78, 5) is -0.157. The van der Waals surface area contributed by atoms with Crippen molar-refractivity contribution < 1.29 is 17.5 Å². The molecule has 0 heterocycles. The highest BCUT2D eigenvalue weighted by Crippen LogP contribution is 2.22. The van der Waals surface area contributed by atoms with E-state index in [2.05, 4.69) is 32.9 Å². The third-order valence-corrected chi connectivity index (χ3v) is 7.55. The minimum absolute atomic E-state index is 0.157. The second-order valence-corrected chi connectivity index (χ2v) is 11.1. The van der Waals surface area contributed by atoms with E-state index in [0.717, 1.165) is 17.0 Å². The molecule has 0 spiro atoms. The zero-order chi connectivity index (χ0) is 25.7. The zero-order valence-corrected chi connectivity index (χ0v) is 23.0. The topological polar surface area (TPSA) is 57.2 Å². The van der Waals surface area contributed by atoms with E-state index in [1.807, 2.05) is 12.1 Å². The van der Waals surface area contributed by atoms with Gasteiger partial charge in [-0.3, -0.25) is 0 Å². The normalized spacial score (nSPS) is 11.8. The van der Waals surface area contributed by atoms with Crippen molar-refractivity contribution in [3.8, 4) is 0 Å². The summed E-state index contributed by atoms with van der Waals surface area (Å²) < 4.78 is 33.9. The summed E-state index contributed by atoms with van der Waals surface area (Å²) in [5.74, 6) is 0. The van der Waals surface area contributed by atoms with Crippen LogP contribution in [0.3, 0.4) is 0 Å². The van der Waals surface area contributed by atoms with E-state index >= 15 is 0 Å². The molecule has 0 bridgehead atoms. The monoisotopic (exact) mass is 517 g/mol. The van der Waals surface area contributed by atoms with E-state index in [4.69, 9.17) is 11.6 Å². The molecule has 3 rings (SSSR count). The third-order valence-electron chi connectivity index (χ3n) is 6.41. The van der Waals surface area contributed by atoms with Crippen LogP contribution in [-0.4, -0.2) is 37.1 Å². The first-order chi connectivity index (χ1) is 16.7. The zero-order valence-electron chi connectivity index (χ0n) is 21.4. The molecule has 4 nitrogen and oxygen atoms in total. The second kappa shape index (κ2) is 14.6. The van der Waals surface area contributed by atoms with Gasteiger partial charge in [-0.05, 0) is 48.2 Å². The summed E-state index contributed by atoms with van der Waals surface area (Å²) in [5.41, 5.74) is 1.43. The molecule has 0 N–H and O–H groups in total. The van der Waals surface area contributed by atoms with E-state index in [1.54, 1.807) is 36.4 Å². The van der Waals surface area contributed by atoms with Gasteiger partial charge >= 0.3 is 0 Å². The molecule has 0 atom stereocenters. The molecule has 0 unspecified atom stereocenters. The van der Waals surface area contributed by atoms with Gasteiger partial charge < -0.3 is 9.04 Å². The van der Waals surface area contributed by atoms with E-state index < -0.39 is 10.1 Å². The molecule has 6 heteroatoms. The Labute approximate surface area is 217 Å². The highest BCUT2D eigenvalue weighted by Gasteiger charge is 2.26. The van der Waals surface area contributed by atoms with Crippen LogP contribution in [0.15, 0.2) is 71.6 Å². The first-order valence-corrected chi connectivity index (χ1v) is 14.6. The average Bonchev–Trinajstić information content (AvgIpc) is 2.85. The molecule has 0 aliphatic heterocycles. The predicted octanol–water partition coefficient (Wildman–Crippen LogP) is 7.80. The summed E-state index contributed by atoms with van der Waals surface area (Å²) in [6, 6.07) is 20.0. The summed E-state index contributed by atoms with van der Waals surface area (Å²) >= 11 is 6.03. The fraction of sp³-hybridized carbons (Fsp3) is 0.448. The van der Waals surface area contributed by atoms with Crippen LogP contribution >= 0.6 is 11.6 Å². The number of quaternary nitrogens is 1. The van der Waals surface area contributed by atoms with Crippen molar-refractivity contribution in [3.63, 3.8) is 0 Å². The van der Waals surface area contributed by atoms with Crippen molar-refractivity contribution in [1.29, 1.82) is 0 Å². The Morgan fingerprint density at radius 2 is 1.26 bits per heavy atom. The number of rotatable bonds is 12. The van der Waals surface area contributed by atoms with Crippen LogP contribution < -0.4 is 0 Å². The Hall–Kier alpha value is -1.92. The van der Waals surface area contributed by atoms with E-state index in [9.17, 15) is 13.0 Å². The van der Waals surface area contributed by atoms with Gasteiger partial charge in [0, 0.05) is 10.6 Å². The molecule has 0 amide bonds. The number of unbranched alkanes of at least 4 members (excludes halogenated alkanes) is 3. The number of nitrogens with zero attached hydrogens (tertiary/aromatic N) is 1. The Kier molecular flexibility index (Phi) is 12.2. The van der Waals surface area contributed by atoms with Gasteiger partial charge in [-0.2, -0.15) is 0 Å². The molecule has 0 saturated heterocycles. The fourth-order valence-corrected chi connectivity index (χ4v) is 5.27. The Morgan fingerprint density at radius 3 is 1.77 bits per heavy atom. The maximum atomic E-state index is 10.9. The minimum Gasteiger partial charge on any atom is -0.744 e. The highest BCUT2D eigenvalue weighted by molar-refractivity contribution is 7.86. The van der Waals surface area contributed by atoms with Gasteiger partial charge in [0.05, 0.1) is 24.5 Å². The Bertz CT molecular complexity index is 1100. The van der Waals surface area contributed by atoms with Crippen molar-refractivity contribution in [2.45, 2.75) is 70.7 Å². The minimum atomic E-state index is -4.38. The molecule has 192 valence electrons. The number of hydrogen-bond acceptors (Lipinski definition) is 3. The highest BCUT2D eigenvalue weighted by atomic mass is 35.5. The Balaban J connectivity index is 0.000000266. The lowest BCUT2D eigenvalue weighted by atomic mass is 10.1. The molecule has 3 aromatic carbocycles. The van der Waals surface area contributed by atoms with Gasteiger partial charge in [0.25, 0.3) is 0 Å². The van der Waals surface area contributed by atoms with Gasteiger partial charge in [0.1, 0.15) is 16.7 Å². The molecule has 0 aliphatic carbocycles. The van der Waals surface area contributed by atoms with Crippen LogP contribution in [0.2, 0.25) is 5.02 Å². The molecule has 0 fully saturated rings. The number of hydrogen-bond donors (Lipinski definition) is 0. The van der Waals surface area contributed by atoms with Crippen molar-refractivity contribution in [1.82, 2.24) is 0 Å². The maximum Gasteiger partial charge on any atom is 0.125 e. The van der Waals surface area contributed by atoms with Gasteiger partial charge in [-0.25, -0.2) is 8.42 Å². The molecule has 0 aromatic heterocycles. The molecular weight excluding hydrogens is 478 g/mol. The van der Waals surface area contributed by atoms with Crippen LogP contribution in [0.4, 0.5) is 0 Å². The molecule has 0 radical (unpaired) electrons. The van der Waals surface area contributed by atoms with Crippen LogP contribution in [-0.2, 0) is 16.7 Å². The van der Waals surface area contributed by atoms with Crippen LogP contribution in [0.1, 0.15) is 64.9 Å². The summed E-state index contributed by atoms with van der Waals surface area (Å²) in [5, 5.41) is 2.07. The largest absolute Gasteiger partial charge is 0.744 e. The van der Waals surface area contributed by atoms with Gasteiger partial charge in [-0.1, -0.05) is 100 Å². The fourth-order valence-electron chi connectivity index (χ4n) is 4.44. The predicted molar refractivity (Wildman–Crippen MR) is 147 cm³/mol. The van der Waals surface area contributed by atoms with Crippen molar-refractivity contribution in [3.05, 3.63) is 77.3 Å². The second-order valence-electron chi connectivity index (χ2n) is 9.29. The SMILES string of the molecule is CCCC[N+](CCCC)(CCCC)Cc1ccc(Cl)cc1.O=S(=O)([O-])c1cccc2ccccc12.